The number of hydrogen-bond donors (Lipinski definition) is 0. The third-order valence-corrected chi connectivity index (χ3v) is 8.55. The van der Waals surface area contributed by atoms with E-state index in [4.69, 9.17) is 0 Å². The van der Waals surface area contributed by atoms with Gasteiger partial charge >= 0.3 is 0 Å². The highest BCUT2D eigenvalue weighted by Crippen LogP contribution is 2.32. The Morgan fingerprint density at radius 3 is 2.26 bits per heavy atom. The molecule has 2 aliphatic heterocycles. The van der Waals surface area contributed by atoms with Crippen LogP contribution in [-0.2, 0) is 13.1 Å². The highest BCUT2D eigenvalue weighted by atomic mass is 16.2. The highest BCUT2D eigenvalue weighted by molar-refractivity contribution is 6.07. The van der Waals surface area contributed by atoms with Crippen molar-refractivity contribution < 1.29 is 9.59 Å². The van der Waals surface area contributed by atoms with Crippen LogP contribution in [-0.4, -0.2) is 84.4 Å². The molecule has 0 saturated carbocycles. The number of carbonyl (C=O) groups is 2. The van der Waals surface area contributed by atoms with Gasteiger partial charge in [0, 0.05) is 56.2 Å². The Balaban J connectivity index is 1.25. The summed E-state index contributed by atoms with van der Waals surface area (Å²) in [7, 11) is 4.18. The molecule has 0 unspecified atom stereocenters. The molecule has 0 N–H and O–H groups in total. The van der Waals surface area contributed by atoms with Crippen molar-refractivity contribution in [2.75, 3.05) is 58.3 Å². The summed E-state index contributed by atoms with van der Waals surface area (Å²) in [5.74, 6) is 0.0272. The first-order valence-corrected chi connectivity index (χ1v) is 14.8. The van der Waals surface area contributed by atoms with Crippen LogP contribution < -0.4 is 4.90 Å². The van der Waals surface area contributed by atoms with E-state index in [2.05, 4.69) is 53.6 Å². The molecule has 1 aromatic heterocycles. The number of piperazine rings is 1. The second-order valence-corrected chi connectivity index (χ2v) is 11.6. The lowest BCUT2D eigenvalue weighted by Crippen LogP contribution is -2.50. The number of aryl methyl sites for hydroxylation is 1. The monoisotopic (exact) mass is 561 g/mol. The van der Waals surface area contributed by atoms with Gasteiger partial charge in [-0.15, -0.1) is 0 Å². The summed E-state index contributed by atoms with van der Waals surface area (Å²) in [4.78, 5) is 36.3. The lowest BCUT2D eigenvalue weighted by atomic mass is 9.98. The van der Waals surface area contributed by atoms with Crippen molar-refractivity contribution in [2.24, 2.45) is 0 Å². The Morgan fingerprint density at radius 1 is 0.786 bits per heavy atom. The van der Waals surface area contributed by atoms with Gasteiger partial charge in [0.2, 0.25) is 0 Å². The number of likely N-dealkylation sites (N-methyl/N-ethyl adjacent to an activating group) is 1. The molecule has 1 fully saturated rings. The molecule has 216 valence electrons. The molecule has 0 radical (unpaired) electrons. The fourth-order valence-electron chi connectivity index (χ4n) is 6.10. The van der Waals surface area contributed by atoms with Crippen molar-refractivity contribution in [1.82, 2.24) is 19.3 Å². The maximum atomic E-state index is 14.1. The molecule has 6 rings (SSSR count). The third-order valence-electron chi connectivity index (χ3n) is 8.55. The van der Waals surface area contributed by atoms with Gasteiger partial charge in [-0.05, 0) is 73.6 Å². The van der Waals surface area contributed by atoms with Crippen molar-refractivity contribution >= 4 is 17.5 Å². The Kier molecular flexibility index (Phi) is 7.96. The molecule has 2 amide bonds. The van der Waals surface area contributed by atoms with Crippen LogP contribution in [0.1, 0.15) is 37.7 Å². The normalized spacial score (nSPS) is 15.3. The van der Waals surface area contributed by atoms with Gasteiger partial charge in [-0.1, -0.05) is 54.6 Å². The van der Waals surface area contributed by atoms with Crippen LogP contribution in [0.15, 0.2) is 84.9 Å². The first-order chi connectivity index (χ1) is 20.4. The predicted molar refractivity (Wildman–Crippen MR) is 168 cm³/mol. The number of aromatic nitrogens is 1. The number of anilines is 1. The van der Waals surface area contributed by atoms with Crippen molar-refractivity contribution in [3.63, 3.8) is 0 Å². The van der Waals surface area contributed by atoms with Gasteiger partial charge in [0.1, 0.15) is 5.69 Å². The maximum absolute atomic E-state index is 14.1. The van der Waals surface area contributed by atoms with Crippen molar-refractivity contribution in [3.05, 3.63) is 113 Å². The van der Waals surface area contributed by atoms with E-state index in [9.17, 15) is 9.59 Å². The Labute approximate surface area is 248 Å². The van der Waals surface area contributed by atoms with Gasteiger partial charge in [0.25, 0.3) is 11.8 Å². The van der Waals surface area contributed by atoms with Crippen LogP contribution in [0.5, 0.6) is 0 Å². The molecule has 0 spiro atoms. The molecule has 1 saturated heterocycles. The molecular formula is C35H39N5O2. The Morgan fingerprint density at radius 2 is 1.52 bits per heavy atom. The zero-order chi connectivity index (χ0) is 29.2. The van der Waals surface area contributed by atoms with Crippen LogP contribution in [0, 0.1) is 6.92 Å². The molecule has 2 aliphatic rings. The second kappa shape index (κ2) is 12.0. The average molecular weight is 562 g/mol. The van der Waals surface area contributed by atoms with Crippen molar-refractivity contribution in [2.45, 2.75) is 20.0 Å². The average Bonchev–Trinajstić information content (AvgIpc) is 3.32. The molecule has 7 nitrogen and oxygen atoms in total. The molecule has 3 aromatic carbocycles. The number of para-hydroxylation sites is 1. The summed E-state index contributed by atoms with van der Waals surface area (Å²) in [6, 6.07) is 28.2. The molecule has 0 aliphatic carbocycles. The molecule has 3 heterocycles. The van der Waals surface area contributed by atoms with Crippen LogP contribution in [0.3, 0.4) is 0 Å². The van der Waals surface area contributed by atoms with Crippen LogP contribution >= 0.6 is 0 Å². The summed E-state index contributed by atoms with van der Waals surface area (Å²) in [5, 5.41) is 0. The van der Waals surface area contributed by atoms with E-state index < -0.39 is 0 Å². The van der Waals surface area contributed by atoms with Gasteiger partial charge in [0.15, 0.2) is 0 Å². The van der Waals surface area contributed by atoms with Crippen LogP contribution in [0.4, 0.5) is 5.69 Å². The van der Waals surface area contributed by atoms with Gasteiger partial charge in [0.05, 0.1) is 13.1 Å². The summed E-state index contributed by atoms with van der Waals surface area (Å²) in [5.41, 5.74) is 7.56. The van der Waals surface area contributed by atoms with Crippen molar-refractivity contribution in [1.29, 1.82) is 0 Å². The number of rotatable bonds is 6. The van der Waals surface area contributed by atoms with Crippen molar-refractivity contribution in [3.8, 4) is 11.1 Å². The SMILES string of the molecule is Cc1cc(C(=O)N2Cc3ccc(C(=O)N4CCN(CCN(C)C)CC4)n3Cc3ccccc32)ccc1-c1ccccc1. The first kappa shape index (κ1) is 27.9. The van der Waals surface area contributed by atoms with Gasteiger partial charge in [-0.2, -0.15) is 0 Å². The van der Waals surface area contributed by atoms with E-state index >= 15 is 0 Å². The van der Waals surface area contributed by atoms with Crippen LogP contribution in [0.25, 0.3) is 11.1 Å². The minimum atomic E-state index is -0.0402. The summed E-state index contributed by atoms with van der Waals surface area (Å²) in [6.45, 7) is 8.29. The van der Waals surface area contributed by atoms with E-state index in [0.29, 0.717) is 24.3 Å². The number of fused-ring (bicyclic) bond motifs is 2. The molecule has 4 aromatic rings. The number of benzene rings is 3. The molecule has 0 atom stereocenters. The first-order valence-electron chi connectivity index (χ1n) is 14.8. The number of carbonyl (C=O) groups excluding carboxylic acids is 2. The van der Waals surface area contributed by atoms with Crippen LogP contribution in [0.2, 0.25) is 0 Å². The lowest BCUT2D eigenvalue weighted by Gasteiger charge is -2.35. The van der Waals surface area contributed by atoms with E-state index in [1.165, 1.54) is 0 Å². The molecule has 42 heavy (non-hydrogen) atoms. The third kappa shape index (κ3) is 5.62. The van der Waals surface area contributed by atoms with E-state index in [0.717, 1.165) is 72.9 Å². The Hall–Kier alpha value is -4.20. The zero-order valence-corrected chi connectivity index (χ0v) is 24.8. The highest BCUT2D eigenvalue weighted by Gasteiger charge is 2.30. The quantitative estimate of drug-likeness (QED) is 0.333. The van der Waals surface area contributed by atoms with Gasteiger partial charge in [-0.3, -0.25) is 14.5 Å². The molecular weight excluding hydrogens is 522 g/mol. The van der Waals surface area contributed by atoms with Gasteiger partial charge in [-0.25, -0.2) is 0 Å². The van der Waals surface area contributed by atoms with E-state index in [1.54, 1.807) is 0 Å². The predicted octanol–water partition coefficient (Wildman–Crippen LogP) is 4.99. The fraction of sp³-hybridized carbons (Fsp3) is 0.314. The summed E-state index contributed by atoms with van der Waals surface area (Å²) >= 11 is 0. The zero-order valence-electron chi connectivity index (χ0n) is 24.8. The Bertz CT molecular complexity index is 1580. The molecule has 7 heteroatoms. The number of nitrogens with zero attached hydrogens (tertiary/aromatic N) is 5. The second-order valence-electron chi connectivity index (χ2n) is 11.6. The van der Waals surface area contributed by atoms with E-state index in [-0.39, 0.29) is 11.8 Å². The minimum absolute atomic E-state index is 0.0402. The summed E-state index contributed by atoms with van der Waals surface area (Å²) < 4.78 is 2.11. The van der Waals surface area contributed by atoms with E-state index in [1.807, 2.05) is 76.5 Å². The topological polar surface area (TPSA) is 52.0 Å². The largest absolute Gasteiger partial charge is 0.335 e. The van der Waals surface area contributed by atoms with Gasteiger partial charge < -0.3 is 19.3 Å². The number of amides is 2. The minimum Gasteiger partial charge on any atom is -0.335 e. The standard InChI is InChI=1S/C35H39N5O2/c1-26-23-28(13-15-31(26)27-9-5-4-6-10-27)34(41)40-25-30-14-16-33(39(30)24-29-11-7-8-12-32(29)40)35(42)38-21-19-37(20-22-38)18-17-36(2)3/h4-16,23H,17-22,24-25H2,1-3H3. The summed E-state index contributed by atoms with van der Waals surface area (Å²) in [6.07, 6.45) is 0. The molecule has 0 bridgehead atoms. The lowest BCUT2D eigenvalue weighted by molar-refractivity contribution is 0.0619. The maximum Gasteiger partial charge on any atom is 0.270 e. The number of hydrogen-bond acceptors (Lipinski definition) is 4. The fourth-order valence-corrected chi connectivity index (χ4v) is 6.10. The smallest absolute Gasteiger partial charge is 0.270 e.